The zero-order valence-electron chi connectivity index (χ0n) is 19.3. The van der Waals surface area contributed by atoms with Gasteiger partial charge in [0.1, 0.15) is 17.3 Å². The number of benzene rings is 2. The van der Waals surface area contributed by atoms with Gasteiger partial charge < -0.3 is 30.0 Å². The van der Waals surface area contributed by atoms with Crippen molar-refractivity contribution in [3.63, 3.8) is 0 Å². The van der Waals surface area contributed by atoms with Crippen LogP contribution in [-0.2, 0) is 17.6 Å². The van der Waals surface area contributed by atoms with Gasteiger partial charge in [0, 0.05) is 31.6 Å². The normalized spacial score (nSPS) is 19.2. The van der Waals surface area contributed by atoms with E-state index in [2.05, 4.69) is 10.6 Å². The van der Waals surface area contributed by atoms with Gasteiger partial charge in [-0.1, -0.05) is 6.07 Å². The summed E-state index contributed by atoms with van der Waals surface area (Å²) >= 11 is 0. The third-order valence-corrected chi connectivity index (χ3v) is 6.10. The largest absolute Gasteiger partial charge is 0.495 e. The Morgan fingerprint density at radius 1 is 1.21 bits per heavy atom. The molecule has 1 saturated heterocycles. The molecule has 0 unspecified atom stereocenters. The highest BCUT2D eigenvalue weighted by molar-refractivity contribution is 5.98. The van der Waals surface area contributed by atoms with Gasteiger partial charge in [0.25, 0.3) is 11.8 Å². The third-order valence-electron chi connectivity index (χ3n) is 6.10. The summed E-state index contributed by atoms with van der Waals surface area (Å²) in [6.07, 6.45) is 0.607. The van der Waals surface area contributed by atoms with Gasteiger partial charge in [0.05, 0.1) is 43.6 Å². The van der Waals surface area contributed by atoms with Crippen LogP contribution in [0.3, 0.4) is 0 Å². The van der Waals surface area contributed by atoms with Crippen LogP contribution in [0.25, 0.3) is 0 Å². The number of aliphatic hydroxyl groups excluding tert-OH is 1. The number of ether oxygens (including phenoxy) is 3. The minimum atomic E-state index is -0.785. The molecular formula is C25H29FN2O6. The Morgan fingerprint density at radius 2 is 2.03 bits per heavy atom. The summed E-state index contributed by atoms with van der Waals surface area (Å²) in [4.78, 5) is 25.2. The summed E-state index contributed by atoms with van der Waals surface area (Å²) < 4.78 is 31.3. The summed E-state index contributed by atoms with van der Waals surface area (Å²) in [6, 6.07) is 5.75. The fourth-order valence-electron chi connectivity index (χ4n) is 4.43. The molecular weight excluding hydrogens is 443 g/mol. The number of rotatable bonds is 7. The van der Waals surface area contributed by atoms with Crippen molar-refractivity contribution in [1.29, 1.82) is 0 Å². The number of fused-ring (bicyclic) bond motifs is 1. The molecule has 2 aromatic rings. The second-order valence-corrected chi connectivity index (χ2v) is 8.38. The van der Waals surface area contributed by atoms with E-state index >= 15 is 0 Å². The van der Waals surface area contributed by atoms with Crippen molar-refractivity contribution in [1.82, 2.24) is 10.6 Å². The van der Waals surface area contributed by atoms with Crippen molar-refractivity contribution in [3.05, 3.63) is 57.9 Å². The van der Waals surface area contributed by atoms with Gasteiger partial charge in [-0.05, 0) is 42.7 Å². The van der Waals surface area contributed by atoms with Crippen LogP contribution in [0.2, 0.25) is 0 Å². The van der Waals surface area contributed by atoms with Crippen LogP contribution in [0.1, 0.15) is 50.8 Å². The van der Waals surface area contributed by atoms with Gasteiger partial charge in [-0.25, -0.2) is 4.39 Å². The number of amides is 2. The van der Waals surface area contributed by atoms with Gasteiger partial charge in [0.2, 0.25) is 0 Å². The molecule has 1 fully saturated rings. The Kier molecular flexibility index (Phi) is 7.33. The van der Waals surface area contributed by atoms with Crippen molar-refractivity contribution in [2.24, 2.45) is 0 Å². The van der Waals surface area contributed by atoms with Gasteiger partial charge in [-0.3, -0.25) is 9.59 Å². The molecule has 2 aliphatic rings. The van der Waals surface area contributed by atoms with Gasteiger partial charge >= 0.3 is 0 Å². The molecule has 0 aliphatic carbocycles. The minimum absolute atomic E-state index is 0.0168. The first-order valence-electron chi connectivity index (χ1n) is 11.4. The predicted octanol–water partition coefficient (Wildman–Crippen LogP) is 1.99. The van der Waals surface area contributed by atoms with Crippen molar-refractivity contribution in [3.8, 4) is 11.5 Å². The minimum Gasteiger partial charge on any atom is -0.495 e. The molecule has 2 heterocycles. The Balaban J connectivity index is 1.64. The maximum atomic E-state index is 14.6. The number of halogens is 1. The molecule has 34 heavy (non-hydrogen) atoms. The molecule has 2 aliphatic heterocycles. The van der Waals surface area contributed by atoms with Crippen LogP contribution in [0.5, 0.6) is 11.5 Å². The van der Waals surface area contributed by atoms with Crippen LogP contribution in [-0.4, -0.2) is 62.5 Å². The first-order chi connectivity index (χ1) is 16.4. The van der Waals surface area contributed by atoms with E-state index in [1.807, 2.05) is 0 Å². The smallest absolute Gasteiger partial charge is 0.255 e. The topological polar surface area (TPSA) is 106 Å². The fourth-order valence-corrected chi connectivity index (χ4v) is 4.43. The van der Waals surface area contributed by atoms with Gasteiger partial charge in [0.15, 0.2) is 0 Å². The second kappa shape index (κ2) is 10.4. The zero-order chi connectivity index (χ0) is 24.2. The average Bonchev–Trinajstić information content (AvgIpc) is 3.31. The lowest BCUT2D eigenvalue weighted by Crippen LogP contribution is -2.48. The molecule has 2 atom stereocenters. The van der Waals surface area contributed by atoms with Crippen molar-refractivity contribution >= 4 is 11.8 Å². The molecule has 2 amide bonds. The third kappa shape index (κ3) is 4.85. The molecule has 182 valence electrons. The highest BCUT2D eigenvalue weighted by Gasteiger charge is 2.30. The highest BCUT2D eigenvalue weighted by Crippen LogP contribution is 2.40. The number of methoxy groups -OCH3 is 1. The molecule has 0 saturated carbocycles. The summed E-state index contributed by atoms with van der Waals surface area (Å²) in [5.74, 6) is -0.368. The summed E-state index contributed by atoms with van der Waals surface area (Å²) in [7, 11) is 1.50. The lowest BCUT2D eigenvalue weighted by Gasteiger charge is -2.28. The molecule has 0 aromatic heterocycles. The summed E-state index contributed by atoms with van der Waals surface area (Å²) in [5.41, 5.74) is 2.46. The van der Waals surface area contributed by atoms with E-state index < -0.39 is 23.9 Å². The molecule has 4 rings (SSSR count). The van der Waals surface area contributed by atoms with E-state index in [1.165, 1.54) is 19.2 Å². The number of hydrogen-bond acceptors (Lipinski definition) is 6. The lowest BCUT2D eigenvalue weighted by atomic mass is 9.95. The number of carbonyl (C=O) groups is 2. The quantitative estimate of drug-likeness (QED) is 0.569. The average molecular weight is 473 g/mol. The number of carbonyl (C=O) groups excluding carboxylic acids is 2. The van der Waals surface area contributed by atoms with Crippen molar-refractivity contribution in [2.45, 2.75) is 38.3 Å². The van der Waals surface area contributed by atoms with E-state index in [0.29, 0.717) is 61.6 Å². The van der Waals surface area contributed by atoms with Crippen LogP contribution < -0.4 is 20.1 Å². The van der Waals surface area contributed by atoms with Crippen LogP contribution in [0, 0.1) is 5.82 Å². The molecule has 9 heteroatoms. The van der Waals surface area contributed by atoms with Crippen molar-refractivity contribution < 1.29 is 33.3 Å². The standard InChI is InChI=1S/C25H29FN2O6/c1-3-27-24(30)16-5-4-14(11-19(16)26)10-15-12-18(23(32-2)17-6-9-34-22(15)17)25(31)28-20-7-8-33-13-21(20)29/h4-5,11-12,20-21,29H,3,6-10,13H2,1-2H3,(H,27,30)(H,28,31)/t20-,21-/m0/s1. The van der Waals surface area contributed by atoms with E-state index in [9.17, 15) is 19.1 Å². The zero-order valence-corrected chi connectivity index (χ0v) is 19.3. The molecule has 3 N–H and O–H groups in total. The van der Waals surface area contributed by atoms with Crippen LogP contribution >= 0.6 is 0 Å². The van der Waals surface area contributed by atoms with Gasteiger partial charge in [-0.15, -0.1) is 0 Å². The predicted molar refractivity (Wildman–Crippen MR) is 122 cm³/mol. The maximum Gasteiger partial charge on any atom is 0.255 e. The SMILES string of the molecule is CCNC(=O)c1ccc(Cc2cc(C(=O)N[C@H]3CCOC[C@@H]3O)c(OC)c3c2OCC3)cc1F. The first kappa shape index (κ1) is 24.0. The number of hydrogen-bond donors (Lipinski definition) is 3. The van der Waals surface area contributed by atoms with Crippen LogP contribution in [0.4, 0.5) is 4.39 Å². The van der Waals surface area contributed by atoms with Crippen LogP contribution in [0.15, 0.2) is 24.3 Å². The Hall–Kier alpha value is -3.17. The van der Waals surface area contributed by atoms with E-state index in [1.54, 1.807) is 19.1 Å². The Labute approximate surface area is 197 Å². The Bertz CT molecular complexity index is 1090. The molecule has 2 aromatic carbocycles. The number of nitrogens with one attached hydrogen (secondary N) is 2. The highest BCUT2D eigenvalue weighted by atomic mass is 19.1. The molecule has 0 bridgehead atoms. The van der Waals surface area contributed by atoms with E-state index in [4.69, 9.17) is 14.2 Å². The lowest BCUT2D eigenvalue weighted by molar-refractivity contribution is -0.0261. The summed E-state index contributed by atoms with van der Waals surface area (Å²) in [6.45, 7) is 3.26. The molecule has 0 radical (unpaired) electrons. The maximum absolute atomic E-state index is 14.6. The molecule has 0 spiro atoms. The van der Waals surface area contributed by atoms with E-state index in [0.717, 1.165) is 11.1 Å². The number of aliphatic hydroxyl groups is 1. The second-order valence-electron chi connectivity index (χ2n) is 8.38. The molecule has 8 nitrogen and oxygen atoms in total. The first-order valence-corrected chi connectivity index (χ1v) is 11.4. The fraction of sp³-hybridized carbons (Fsp3) is 0.440. The van der Waals surface area contributed by atoms with E-state index in [-0.39, 0.29) is 18.1 Å². The van der Waals surface area contributed by atoms with Gasteiger partial charge in [-0.2, -0.15) is 0 Å². The monoisotopic (exact) mass is 472 g/mol. The van der Waals surface area contributed by atoms with Crippen molar-refractivity contribution in [2.75, 3.05) is 33.5 Å². The summed E-state index contributed by atoms with van der Waals surface area (Å²) in [5, 5.41) is 15.6. The Morgan fingerprint density at radius 3 is 2.74 bits per heavy atom.